The molecule has 88 valence electrons. The number of hydrogen-bond donors (Lipinski definition) is 1. The molecule has 15 heavy (non-hydrogen) atoms. The van der Waals surface area contributed by atoms with Crippen LogP contribution in [-0.4, -0.2) is 54.0 Å². The van der Waals surface area contributed by atoms with Gasteiger partial charge in [-0.1, -0.05) is 0 Å². The average Bonchev–Trinajstić information content (AvgIpc) is 2.20. The Balaban J connectivity index is 2.47. The van der Waals surface area contributed by atoms with Crippen molar-refractivity contribution < 1.29 is 19.0 Å². The Morgan fingerprint density at radius 3 is 2.87 bits per heavy atom. The summed E-state index contributed by atoms with van der Waals surface area (Å²) >= 11 is 0. The monoisotopic (exact) mass is 219 g/mol. The molecule has 0 radical (unpaired) electrons. The maximum Gasteiger partial charge on any atom is 0.251 e. The topological polar surface area (TPSA) is 49.8 Å². The summed E-state index contributed by atoms with van der Waals surface area (Å²) < 4.78 is 18.7. The van der Waals surface area contributed by atoms with E-state index < -0.39 is 24.3 Å². The summed E-state index contributed by atoms with van der Waals surface area (Å²) in [5.41, 5.74) is 0. The highest BCUT2D eigenvalue weighted by Gasteiger charge is 2.32. The number of carbonyl (C=O) groups is 1. The zero-order valence-corrected chi connectivity index (χ0v) is 9.15. The molecule has 1 rings (SSSR count). The van der Waals surface area contributed by atoms with Gasteiger partial charge in [-0.3, -0.25) is 4.79 Å². The van der Waals surface area contributed by atoms with Gasteiger partial charge in [0.15, 0.2) is 0 Å². The standard InChI is InChI=1S/C10H18FNO3/c1-3-15-9-4-5-12(6-8(9)11)10(14)7(2)13/h7-9,13H,3-6H2,1-2H3/t7-,8+,9+/m0/s1. The van der Waals surface area contributed by atoms with Crippen molar-refractivity contribution in [3.63, 3.8) is 0 Å². The van der Waals surface area contributed by atoms with Gasteiger partial charge in [0, 0.05) is 13.2 Å². The quantitative estimate of drug-likeness (QED) is 0.744. The van der Waals surface area contributed by atoms with Crippen molar-refractivity contribution in [3.8, 4) is 0 Å². The maximum atomic E-state index is 13.5. The fourth-order valence-electron chi connectivity index (χ4n) is 1.75. The molecule has 1 N–H and O–H groups in total. The lowest BCUT2D eigenvalue weighted by Gasteiger charge is -2.34. The molecule has 0 aromatic heterocycles. The van der Waals surface area contributed by atoms with Crippen molar-refractivity contribution in [1.29, 1.82) is 0 Å². The third kappa shape index (κ3) is 3.14. The van der Waals surface area contributed by atoms with Gasteiger partial charge in [0.1, 0.15) is 12.3 Å². The van der Waals surface area contributed by atoms with Crippen molar-refractivity contribution in [2.75, 3.05) is 19.7 Å². The molecule has 5 heteroatoms. The van der Waals surface area contributed by atoms with E-state index in [2.05, 4.69) is 0 Å². The van der Waals surface area contributed by atoms with Crippen LogP contribution < -0.4 is 0 Å². The van der Waals surface area contributed by atoms with E-state index in [-0.39, 0.29) is 6.54 Å². The van der Waals surface area contributed by atoms with Gasteiger partial charge in [0.2, 0.25) is 0 Å². The molecule has 4 nitrogen and oxygen atoms in total. The molecule has 1 aliphatic heterocycles. The van der Waals surface area contributed by atoms with E-state index in [1.165, 1.54) is 11.8 Å². The first-order chi connectivity index (χ1) is 7.06. The Labute approximate surface area is 89.0 Å². The lowest BCUT2D eigenvalue weighted by Crippen LogP contribution is -2.50. The Kier molecular flexibility index (Phi) is 4.47. The first-order valence-corrected chi connectivity index (χ1v) is 5.28. The van der Waals surface area contributed by atoms with Gasteiger partial charge in [0.05, 0.1) is 12.6 Å². The second-order valence-corrected chi connectivity index (χ2v) is 3.76. The van der Waals surface area contributed by atoms with Crippen LogP contribution >= 0.6 is 0 Å². The number of aliphatic hydroxyl groups excluding tert-OH is 1. The largest absolute Gasteiger partial charge is 0.384 e. The second kappa shape index (κ2) is 5.42. The lowest BCUT2D eigenvalue weighted by atomic mass is 10.1. The Morgan fingerprint density at radius 2 is 2.40 bits per heavy atom. The molecule has 1 amide bonds. The number of nitrogens with zero attached hydrogens (tertiary/aromatic N) is 1. The number of carbonyl (C=O) groups excluding carboxylic acids is 1. The molecule has 1 saturated heterocycles. The number of halogens is 1. The van der Waals surface area contributed by atoms with Crippen molar-refractivity contribution in [2.24, 2.45) is 0 Å². The van der Waals surface area contributed by atoms with Crippen LogP contribution in [0.15, 0.2) is 0 Å². The number of amides is 1. The number of piperidine rings is 1. The van der Waals surface area contributed by atoms with Crippen LogP contribution in [0.2, 0.25) is 0 Å². The number of aliphatic hydroxyl groups is 1. The second-order valence-electron chi connectivity index (χ2n) is 3.76. The molecule has 1 heterocycles. The van der Waals surface area contributed by atoms with Crippen LogP contribution in [0.4, 0.5) is 4.39 Å². The van der Waals surface area contributed by atoms with E-state index in [0.29, 0.717) is 19.6 Å². The number of hydrogen-bond acceptors (Lipinski definition) is 3. The van der Waals surface area contributed by atoms with Gasteiger partial charge in [-0.15, -0.1) is 0 Å². The van der Waals surface area contributed by atoms with Crippen LogP contribution in [-0.2, 0) is 9.53 Å². The Morgan fingerprint density at radius 1 is 1.73 bits per heavy atom. The normalized spacial score (nSPS) is 28.9. The van der Waals surface area contributed by atoms with E-state index >= 15 is 0 Å². The average molecular weight is 219 g/mol. The van der Waals surface area contributed by atoms with Gasteiger partial charge >= 0.3 is 0 Å². The summed E-state index contributed by atoms with van der Waals surface area (Å²) in [5, 5.41) is 9.08. The maximum absolute atomic E-state index is 13.5. The third-order valence-electron chi connectivity index (χ3n) is 2.53. The third-order valence-corrected chi connectivity index (χ3v) is 2.53. The minimum absolute atomic E-state index is 0.0222. The van der Waals surface area contributed by atoms with E-state index in [4.69, 9.17) is 9.84 Å². The van der Waals surface area contributed by atoms with Gasteiger partial charge in [-0.2, -0.15) is 0 Å². The van der Waals surface area contributed by atoms with Crippen molar-refractivity contribution in [3.05, 3.63) is 0 Å². The molecule has 0 aromatic carbocycles. The van der Waals surface area contributed by atoms with Crippen LogP contribution in [0.3, 0.4) is 0 Å². The van der Waals surface area contributed by atoms with Crippen LogP contribution in [0.1, 0.15) is 20.3 Å². The molecule has 0 bridgehead atoms. The zero-order valence-electron chi connectivity index (χ0n) is 9.15. The van der Waals surface area contributed by atoms with E-state index in [1.807, 2.05) is 6.92 Å². The fourth-order valence-corrected chi connectivity index (χ4v) is 1.75. The summed E-state index contributed by atoms with van der Waals surface area (Å²) in [7, 11) is 0. The molecule has 0 aliphatic carbocycles. The van der Waals surface area contributed by atoms with E-state index in [1.54, 1.807) is 0 Å². The van der Waals surface area contributed by atoms with Crippen molar-refractivity contribution in [2.45, 2.75) is 38.6 Å². The Hall–Kier alpha value is -0.680. The minimum atomic E-state index is -1.15. The van der Waals surface area contributed by atoms with Gasteiger partial charge in [-0.25, -0.2) is 4.39 Å². The van der Waals surface area contributed by atoms with Gasteiger partial charge in [-0.05, 0) is 20.3 Å². The van der Waals surface area contributed by atoms with Crippen LogP contribution in [0.25, 0.3) is 0 Å². The SMILES string of the molecule is CCO[C@@H]1CCN(C(=O)[C@H](C)O)C[C@H]1F. The van der Waals surface area contributed by atoms with Crippen LogP contribution in [0, 0.1) is 0 Å². The summed E-state index contributed by atoms with van der Waals surface area (Å²) in [6, 6.07) is 0. The van der Waals surface area contributed by atoms with Crippen LogP contribution in [0.5, 0.6) is 0 Å². The predicted octanol–water partition coefficient (Wildman–Crippen LogP) is 0.343. The number of ether oxygens (including phenoxy) is 1. The van der Waals surface area contributed by atoms with Gasteiger partial charge < -0.3 is 14.7 Å². The molecular formula is C10H18FNO3. The summed E-state index contributed by atoms with van der Waals surface area (Å²) in [6.45, 7) is 4.17. The Bertz CT molecular complexity index is 223. The van der Waals surface area contributed by atoms with Crippen molar-refractivity contribution >= 4 is 5.91 Å². The summed E-state index contributed by atoms with van der Waals surface area (Å²) in [5.74, 6) is -0.410. The number of alkyl halides is 1. The van der Waals surface area contributed by atoms with E-state index in [9.17, 15) is 9.18 Å². The minimum Gasteiger partial charge on any atom is -0.384 e. The predicted molar refractivity (Wildman–Crippen MR) is 53.2 cm³/mol. The van der Waals surface area contributed by atoms with E-state index in [0.717, 1.165) is 0 Å². The van der Waals surface area contributed by atoms with Gasteiger partial charge in [0.25, 0.3) is 5.91 Å². The molecule has 0 unspecified atom stereocenters. The first-order valence-electron chi connectivity index (χ1n) is 5.28. The highest BCUT2D eigenvalue weighted by molar-refractivity contribution is 5.80. The summed E-state index contributed by atoms with van der Waals surface area (Å²) in [4.78, 5) is 12.7. The zero-order chi connectivity index (χ0) is 11.4. The number of rotatable bonds is 3. The molecule has 1 fully saturated rings. The molecule has 0 aromatic rings. The number of likely N-dealkylation sites (tertiary alicyclic amines) is 1. The lowest BCUT2D eigenvalue weighted by molar-refractivity contribution is -0.144. The molecular weight excluding hydrogens is 201 g/mol. The van der Waals surface area contributed by atoms with Crippen molar-refractivity contribution in [1.82, 2.24) is 4.90 Å². The highest BCUT2D eigenvalue weighted by Crippen LogP contribution is 2.17. The highest BCUT2D eigenvalue weighted by atomic mass is 19.1. The summed E-state index contributed by atoms with van der Waals surface area (Å²) in [6.07, 6.45) is -2.12. The smallest absolute Gasteiger partial charge is 0.251 e. The molecule has 0 saturated carbocycles. The molecule has 3 atom stereocenters. The fraction of sp³-hybridized carbons (Fsp3) is 0.900. The molecule has 0 spiro atoms. The molecule has 1 aliphatic rings. The first kappa shape index (κ1) is 12.4.